The third kappa shape index (κ3) is 20.7. The summed E-state index contributed by atoms with van der Waals surface area (Å²) in [7, 11) is 0. The number of rotatable bonds is 42. The van der Waals surface area contributed by atoms with Crippen molar-refractivity contribution in [1.29, 1.82) is 0 Å². The highest BCUT2D eigenvalue weighted by Crippen LogP contribution is 2.38. The maximum Gasteiger partial charge on any atom is 0.0694 e. The van der Waals surface area contributed by atoms with Gasteiger partial charge in [-0.15, -0.1) is 0 Å². The number of aromatic amines is 2. The van der Waals surface area contributed by atoms with Crippen LogP contribution in [-0.2, 0) is 12.8 Å². The highest BCUT2D eigenvalue weighted by molar-refractivity contribution is 5.95. The summed E-state index contributed by atoms with van der Waals surface area (Å²) in [6.07, 6.45) is 20.8. The first kappa shape index (κ1) is 61.1. The number of hydrogen-bond acceptors (Lipinski definition) is 10. The predicted molar refractivity (Wildman–Crippen MR) is 322 cm³/mol. The third-order valence-corrected chi connectivity index (χ3v) is 15.3. The second kappa shape index (κ2) is 36.3. The first-order valence-electron chi connectivity index (χ1n) is 30.1. The summed E-state index contributed by atoms with van der Waals surface area (Å²) < 4.78 is 0. The molecular weight excluding hydrogens is 913 g/mol. The summed E-state index contributed by atoms with van der Waals surface area (Å²) in [5.41, 5.74) is 19.5. The summed E-state index contributed by atoms with van der Waals surface area (Å²) in [5, 5.41) is 28.9. The van der Waals surface area contributed by atoms with Gasteiger partial charge in [0.15, 0.2) is 0 Å². The lowest BCUT2D eigenvalue weighted by Gasteiger charge is -2.09. The molecule has 74 heavy (non-hydrogen) atoms. The van der Waals surface area contributed by atoms with Gasteiger partial charge in [-0.2, -0.15) is 0 Å². The predicted octanol–water partition coefficient (Wildman–Crippen LogP) is 10.9. The van der Waals surface area contributed by atoms with Crippen LogP contribution in [0.3, 0.4) is 0 Å². The minimum Gasteiger partial charge on any atom is -0.355 e. The molecule has 12 heteroatoms. The smallest absolute Gasteiger partial charge is 0.0694 e. The number of nitrogens with one attached hydrogen (secondary N) is 10. The summed E-state index contributed by atoms with van der Waals surface area (Å²) in [6, 6.07) is 9.27. The standard InChI is InChI=1S/C62H106N12/c1-9-51-47(5)55-43-56-49(7)53(27-25-41-69-39-23-21-37-67-35-19-17-33-65-31-15-13-29-63-11-3)61(73-56)46-62-54(50(8)58(74-62)45-60-52(10-2)48(6)57(72-60)44-59(51)71-55)28-26-42-70-40-24-22-38-68-36-20-18-34-66-32-16-14-30-64-12-4/h43-46,63-72H,9-42H2,1-8H3. The van der Waals surface area contributed by atoms with Gasteiger partial charge < -0.3 is 52.5 Å². The molecule has 0 fully saturated rings. The van der Waals surface area contributed by atoms with Crippen molar-refractivity contribution in [2.24, 2.45) is 0 Å². The van der Waals surface area contributed by atoms with Crippen LogP contribution >= 0.6 is 0 Å². The molecule has 0 aliphatic carbocycles. The average molecular weight is 1020 g/mol. The molecule has 0 saturated heterocycles. The number of aromatic nitrogens is 4. The van der Waals surface area contributed by atoms with Crippen LogP contribution in [0.5, 0.6) is 0 Å². The summed E-state index contributed by atoms with van der Waals surface area (Å²) in [5.74, 6) is 0. The quantitative estimate of drug-likeness (QED) is 0.0248. The number of aryl methyl sites for hydroxylation is 4. The number of nitrogens with zero attached hydrogens (tertiary/aromatic N) is 2. The van der Waals surface area contributed by atoms with Crippen LogP contribution in [-0.4, -0.2) is 125 Å². The monoisotopic (exact) mass is 1020 g/mol. The fourth-order valence-electron chi connectivity index (χ4n) is 10.6. The van der Waals surface area contributed by atoms with Crippen LogP contribution in [0.15, 0.2) is 24.3 Å². The maximum absolute atomic E-state index is 5.47. The Kier molecular flexibility index (Phi) is 30.0. The van der Waals surface area contributed by atoms with Gasteiger partial charge in [0.05, 0.1) is 22.8 Å². The lowest BCUT2D eigenvalue weighted by molar-refractivity contribution is 0.542. The van der Waals surface area contributed by atoms with E-state index in [1.165, 1.54) is 138 Å². The van der Waals surface area contributed by atoms with E-state index >= 15 is 0 Å². The van der Waals surface area contributed by atoms with E-state index in [9.17, 15) is 0 Å². The fraction of sp³-hybridized carbons (Fsp3) is 0.677. The van der Waals surface area contributed by atoms with E-state index in [1.807, 2.05) is 0 Å². The van der Waals surface area contributed by atoms with Gasteiger partial charge in [-0.05, 0) is 317 Å². The van der Waals surface area contributed by atoms with Crippen LogP contribution in [0.25, 0.3) is 44.4 Å². The Labute approximate surface area is 450 Å². The van der Waals surface area contributed by atoms with Crippen LogP contribution in [0.1, 0.15) is 189 Å². The Balaban J connectivity index is 1.17. The van der Waals surface area contributed by atoms with E-state index in [0.717, 1.165) is 172 Å². The Bertz CT molecular complexity index is 2290. The first-order chi connectivity index (χ1) is 36.3. The summed E-state index contributed by atoms with van der Waals surface area (Å²) in [6.45, 7) is 35.5. The van der Waals surface area contributed by atoms with Crippen molar-refractivity contribution in [2.75, 3.05) is 105 Å². The van der Waals surface area contributed by atoms with E-state index in [0.29, 0.717) is 0 Å². The Morgan fingerprint density at radius 1 is 0.324 bits per heavy atom. The number of H-pyrrole nitrogens is 2. The molecule has 0 radical (unpaired) electrons. The molecule has 0 aromatic carbocycles. The fourth-order valence-corrected chi connectivity index (χ4v) is 10.6. The number of unbranched alkanes of at least 4 members (excludes halogenated alkanes) is 6. The van der Waals surface area contributed by atoms with Crippen molar-refractivity contribution >= 4 is 44.4 Å². The van der Waals surface area contributed by atoms with Crippen LogP contribution < -0.4 is 42.5 Å². The molecule has 0 saturated carbocycles. The molecule has 5 heterocycles. The number of fused-ring (bicyclic) bond motifs is 8. The van der Waals surface area contributed by atoms with Gasteiger partial charge in [0.25, 0.3) is 0 Å². The minimum atomic E-state index is 0.958. The van der Waals surface area contributed by atoms with E-state index < -0.39 is 0 Å². The van der Waals surface area contributed by atoms with E-state index in [2.05, 4.69) is 132 Å². The second-order valence-corrected chi connectivity index (χ2v) is 21.0. The largest absolute Gasteiger partial charge is 0.355 e. The van der Waals surface area contributed by atoms with E-state index in [-0.39, 0.29) is 0 Å². The van der Waals surface area contributed by atoms with Gasteiger partial charge in [-0.1, -0.05) is 27.7 Å². The molecule has 3 aromatic rings. The van der Waals surface area contributed by atoms with Crippen molar-refractivity contribution in [1.82, 2.24) is 62.5 Å². The van der Waals surface area contributed by atoms with Gasteiger partial charge in [0.1, 0.15) is 0 Å². The van der Waals surface area contributed by atoms with Crippen molar-refractivity contribution in [3.63, 3.8) is 0 Å². The average Bonchev–Trinajstić information content (AvgIpc) is 4.07. The van der Waals surface area contributed by atoms with Gasteiger partial charge in [0.2, 0.25) is 0 Å². The van der Waals surface area contributed by atoms with Gasteiger partial charge in [-0.3, -0.25) is 0 Å². The highest BCUT2D eigenvalue weighted by Gasteiger charge is 2.22. The van der Waals surface area contributed by atoms with Crippen molar-refractivity contribution < 1.29 is 0 Å². The lowest BCUT2D eigenvalue weighted by Crippen LogP contribution is -2.22. The second-order valence-electron chi connectivity index (χ2n) is 21.0. The highest BCUT2D eigenvalue weighted by atomic mass is 14.9. The molecule has 10 N–H and O–H groups in total. The van der Waals surface area contributed by atoms with Gasteiger partial charge in [0, 0.05) is 22.1 Å². The van der Waals surface area contributed by atoms with Gasteiger partial charge >= 0.3 is 0 Å². The molecule has 8 bridgehead atoms. The molecule has 0 amide bonds. The molecule has 3 aromatic heterocycles. The van der Waals surface area contributed by atoms with Crippen LogP contribution in [0.4, 0.5) is 0 Å². The van der Waals surface area contributed by atoms with Crippen LogP contribution in [0, 0.1) is 13.8 Å². The molecule has 2 aliphatic rings. The first-order valence-corrected chi connectivity index (χ1v) is 30.1. The molecule has 5 rings (SSSR count). The molecular formula is C62H106N12. The zero-order valence-electron chi connectivity index (χ0n) is 48.2. The Morgan fingerprint density at radius 3 is 0.932 bits per heavy atom. The van der Waals surface area contributed by atoms with E-state index in [1.54, 1.807) is 0 Å². The molecule has 0 spiro atoms. The number of hydrogen-bond donors (Lipinski definition) is 10. The van der Waals surface area contributed by atoms with Crippen molar-refractivity contribution in [2.45, 2.75) is 171 Å². The summed E-state index contributed by atoms with van der Waals surface area (Å²) in [4.78, 5) is 18.6. The Hall–Kier alpha value is -3.72. The lowest BCUT2D eigenvalue weighted by atomic mass is 9.98. The minimum absolute atomic E-state index is 0.958. The molecule has 414 valence electrons. The normalized spacial score (nSPS) is 12.9. The van der Waals surface area contributed by atoms with Crippen LogP contribution in [0.2, 0.25) is 0 Å². The summed E-state index contributed by atoms with van der Waals surface area (Å²) >= 11 is 0. The van der Waals surface area contributed by atoms with Crippen molar-refractivity contribution in [3.05, 3.63) is 69.3 Å². The SMILES string of the molecule is CCNCCCCNCCCCNCCCCNCCCC1=C(C)c2cc3[nH]c(cc4[nH]c(cc5nc(cc1n2)C(CCCNCCCCNCCCCNCCCCNCC)=C5C)c(CC)c4C)c(CC)c3C. The molecule has 12 nitrogen and oxygen atoms in total. The third-order valence-electron chi connectivity index (χ3n) is 15.3. The molecule has 0 atom stereocenters. The maximum atomic E-state index is 5.47. The van der Waals surface area contributed by atoms with Crippen molar-refractivity contribution in [3.8, 4) is 0 Å². The topological polar surface area (TPSA) is 154 Å². The number of allylic oxidation sites excluding steroid dienone is 4. The Morgan fingerprint density at radius 2 is 0.608 bits per heavy atom. The molecule has 0 unspecified atom stereocenters. The zero-order chi connectivity index (χ0) is 52.6. The van der Waals surface area contributed by atoms with E-state index in [4.69, 9.17) is 9.97 Å². The van der Waals surface area contributed by atoms with Gasteiger partial charge in [-0.25, -0.2) is 9.97 Å². The molecule has 2 aliphatic heterocycles. The zero-order valence-corrected chi connectivity index (χ0v) is 48.2.